The molecule has 0 radical (unpaired) electrons. The zero-order valence-corrected chi connectivity index (χ0v) is 11.9. The Balaban J connectivity index is 1.95. The van der Waals surface area contributed by atoms with E-state index in [0.29, 0.717) is 5.95 Å². The van der Waals surface area contributed by atoms with Crippen molar-refractivity contribution in [1.29, 1.82) is 0 Å². The Labute approximate surface area is 115 Å². The lowest BCUT2D eigenvalue weighted by molar-refractivity contribution is 0.514. The third-order valence-corrected chi connectivity index (χ3v) is 3.13. The molecule has 0 aliphatic carbocycles. The van der Waals surface area contributed by atoms with Crippen LogP contribution in [0.5, 0.6) is 0 Å². The highest BCUT2D eigenvalue weighted by atomic mass is 15.1. The molecule has 0 bridgehead atoms. The quantitative estimate of drug-likeness (QED) is 0.887. The maximum absolute atomic E-state index is 4.39. The molecule has 0 amide bonds. The maximum atomic E-state index is 4.39. The standard InChI is InChI=1S/C16H21N3/c1-13-10-12-17-15(18-13)19-16(2,3)11-9-14-7-5-4-6-8-14/h4-8,10,12H,9,11H2,1-3H3,(H,17,18,19). The van der Waals surface area contributed by atoms with Gasteiger partial charge in [0.05, 0.1) is 0 Å². The van der Waals surface area contributed by atoms with Crippen molar-refractivity contribution in [3.63, 3.8) is 0 Å². The molecule has 0 atom stereocenters. The van der Waals surface area contributed by atoms with E-state index >= 15 is 0 Å². The van der Waals surface area contributed by atoms with Gasteiger partial charge in [-0.05, 0) is 45.2 Å². The molecule has 100 valence electrons. The Hall–Kier alpha value is -1.90. The van der Waals surface area contributed by atoms with E-state index < -0.39 is 0 Å². The van der Waals surface area contributed by atoms with E-state index in [0.717, 1.165) is 18.5 Å². The largest absolute Gasteiger partial charge is 0.349 e. The summed E-state index contributed by atoms with van der Waals surface area (Å²) in [6.07, 6.45) is 3.87. The summed E-state index contributed by atoms with van der Waals surface area (Å²) in [7, 11) is 0. The van der Waals surface area contributed by atoms with Crippen molar-refractivity contribution in [2.75, 3.05) is 5.32 Å². The molecule has 1 aromatic carbocycles. The second kappa shape index (κ2) is 5.83. The average molecular weight is 255 g/mol. The van der Waals surface area contributed by atoms with Gasteiger partial charge in [0, 0.05) is 17.4 Å². The summed E-state index contributed by atoms with van der Waals surface area (Å²) in [4.78, 5) is 8.65. The number of hydrogen-bond acceptors (Lipinski definition) is 3. The number of aryl methyl sites for hydroxylation is 2. The molecule has 0 aliphatic heterocycles. The Morgan fingerprint density at radius 1 is 1.11 bits per heavy atom. The molecule has 2 aromatic rings. The summed E-state index contributed by atoms with van der Waals surface area (Å²) in [5, 5.41) is 3.41. The predicted molar refractivity (Wildman–Crippen MR) is 79.2 cm³/mol. The Morgan fingerprint density at radius 3 is 2.53 bits per heavy atom. The van der Waals surface area contributed by atoms with Crippen LogP contribution < -0.4 is 5.32 Å². The number of benzene rings is 1. The molecular formula is C16H21N3. The smallest absolute Gasteiger partial charge is 0.223 e. The van der Waals surface area contributed by atoms with Gasteiger partial charge in [-0.2, -0.15) is 0 Å². The normalized spacial score (nSPS) is 11.3. The SMILES string of the molecule is Cc1ccnc(NC(C)(C)CCc2ccccc2)n1. The van der Waals surface area contributed by atoms with Crippen LogP contribution in [-0.4, -0.2) is 15.5 Å². The fourth-order valence-corrected chi connectivity index (χ4v) is 1.98. The number of rotatable bonds is 5. The minimum atomic E-state index is -0.0242. The van der Waals surface area contributed by atoms with Crippen molar-refractivity contribution in [3.05, 3.63) is 53.9 Å². The van der Waals surface area contributed by atoms with Gasteiger partial charge >= 0.3 is 0 Å². The zero-order chi connectivity index (χ0) is 13.7. The van der Waals surface area contributed by atoms with Gasteiger partial charge in [0.25, 0.3) is 0 Å². The molecule has 3 heteroatoms. The van der Waals surface area contributed by atoms with Gasteiger partial charge in [0.15, 0.2) is 0 Å². The van der Waals surface area contributed by atoms with Crippen LogP contribution in [0.2, 0.25) is 0 Å². The lowest BCUT2D eigenvalue weighted by Gasteiger charge is -2.26. The first-order chi connectivity index (χ1) is 9.05. The van der Waals surface area contributed by atoms with Gasteiger partial charge in [0.1, 0.15) is 0 Å². The van der Waals surface area contributed by atoms with Crippen LogP contribution >= 0.6 is 0 Å². The molecule has 0 saturated heterocycles. The number of nitrogens with one attached hydrogen (secondary N) is 1. The van der Waals surface area contributed by atoms with Gasteiger partial charge in [-0.3, -0.25) is 0 Å². The van der Waals surface area contributed by atoms with Gasteiger partial charge in [-0.1, -0.05) is 30.3 Å². The molecule has 1 N–H and O–H groups in total. The summed E-state index contributed by atoms with van der Waals surface area (Å²) in [5.74, 6) is 0.707. The van der Waals surface area contributed by atoms with E-state index in [-0.39, 0.29) is 5.54 Å². The maximum Gasteiger partial charge on any atom is 0.223 e. The molecule has 19 heavy (non-hydrogen) atoms. The molecule has 0 saturated carbocycles. The van der Waals surface area contributed by atoms with Crippen LogP contribution in [0.25, 0.3) is 0 Å². The molecule has 3 nitrogen and oxygen atoms in total. The second-order valence-electron chi connectivity index (χ2n) is 5.52. The van der Waals surface area contributed by atoms with Crippen molar-refractivity contribution in [2.24, 2.45) is 0 Å². The van der Waals surface area contributed by atoms with E-state index in [1.807, 2.05) is 19.1 Å². The molecule has 0 unspecified atom stereocenters. The van der Waals surface area contributed by atoms with Crippen LogP contribution in [0, 0.1) is 6.92 Å². The Kier molecular flexibility index (Phi) is 4.15. The molecule has 2 rings (SSSR count). The lowest BCUT2D eigenvalue weighted by Crippen LogP contribution is -2.32. The first-order valence-electron chi connectivity index (χ1n) is 6.67. The van der Waals surface area contributed by atoms with Crippen LogP contribution in [0.1, 0.15) is 31.5 Å². The summed E-state index contributed by atoms with van der Waals surface area (Å²) < 4.78 is 0. The predicted octanol–water partition coefficient (Wildman–Crippen LogP) is 3.61. The highest BCUT2D eigenvalue weighted by molar-refractivity contribution is 5.29. The second-order valence-corrected chi connectivity index (χ2v) is 5.52. The zero-order valence-electron chi connectivity index (χ0n) is 11.9. The first-order valence-corrected chi connectivity index (χ1v) is 6.67. The monoisotopic (exact) mass is 255 g/mol. The molecular weight excluding hydrogens is 234 g/mol. The molecule has 0 spiro atoms. The minimum Gasteiger partial charge on any atom is -0.349 e. The average Bonchev–Trinajstić information content (AvgIpc) is 2.37. The van der Waals surface area contributed by atoms with Gasteiger partial charge in [-0.15, -0.1) is 0 Å². The summed E-state index contributed by atoms with van der Waals surface area (Å²) in [6, 6.07) is 12.5. The van der Waals surface area contributed by atoms with Gasteiger partial charge in [-0.25, -0.2) is 9.97 Å². The van der Waals surface area contributed by atoms with Crippen LogP contribution in [0.15, 0.2) is 42.6 Å². The molecule has 1 heterocycles. The highest BCUT2D eigenvalue weighted by Crippen LogP contribution is 2.18. The number of nitrogens with zero attached hydrogens (tertiary/aromatic N) is 2. The third kappa shape index (κ3) is 4.36. The lowest BCUT2D eigenvalue weighted by atomic mass is 9.95. The summed E-state index contributed by atoms with van der Waals surface area (Å²) >= 11 is 0. The topological polar surface area (TPSA) is 37.8 Å². The van der Waals surface area contributed by atoms with Crippen molar-refractivity contribution in [2.45, 2.75) is 39.2 Å². The Bertz CT molecular complexity index is 521. The summed E-state index contributed by atoms with van der Waals surface area (Å²) in [5.41, 5.74) is 2.32. The van der Waals surface area contributed by atoms with Crippen molar-refractivity contribution in [1.82, 2.24) is 9.97 Å². The fraction of sp³-hybridized carbons (Fsp3) is 0.375. The molecule has 1 aromatic heterocycles. The fourth-order valence-electron chi connectivity index (χ4n) is 1.98. The number of aromatic nitrogens is 2. The van der Waals surface area contributed by atoms with E-state index in [9.17, 15) is 0 Å². The first kappa shape index (κ1) is 13.5. The summed E-state index contributed by atoms with van der Waals surface area (Å²) in [6.45, 7) is 6.34. The van der Waals surface area contributed by atoms with Gasteiger partial charge in [0.2, 0.25) is 5.95 Å². The van der Waals surface area contributed by atoms with E-state index in [1.165, 1.54) is 5.56 Å². The van der Waals surface area contributed by atoms with Crippen LogP contribution in [0.3, 0.4) is 0 Å². The van der Waals surface area contributed by atoms with E-state index in [1.54, 1.807) is 6.20 Å². The molecule has 0 aliphatic rings. The number of hydrogen-bond donors (Lipinski definition) is 1. The third-order valence-electron chi connectivity index (χ3n) is 3.13. The van der Waals surface area contributed by atoms with Crippen molar-refractivity contribution < 1.29 is 0 Å². The van der Waals surface area contributed by atoms with Crippen molar-refractivity contribution >= 4 is 5.95 Å². The Morgan fingerprint density at radius 2 is 1.84 bits per heavy atom. The number of anilines is 1. The van der Waals surface area contributed by atoms with Crippen LogP contribution in [-0.2, 0) is 6.42 Å². The highest BCUT2D eigenvalue weighted by Gasteiger charge is 2.18. The minimum absolute atomic E-state index is 0.0242. The van der Waals surface area contributed by atoms with E-state index in [4.69, 9.17) is 0 Å². The van der Waals surface area contributed by atoms with Gasteiger partial charge < -0.3 is 5.32 Å². The van der Waals surface area contributed by atoms with Crippen molar-refractivity contribution in [3.8, 4) is 0 Å². The van der Waals surface area contributed by atoms with E-state index in [2.05, 4.69) is 53.4 Å². The van der Waals surface area contributed by atoms with Crippen LogP contribution in [0.4, 0.5) is 5.95 Å². The molecule has 0 fully saturated rings.